The zero-order valence-corrected chi connectivity index (χ0v) is 15.3. The summed E-state index contributed by atoms with van der Waals surface area (Å²) in [6.45, 7) is 2.32. The van der Waals surface area contributed by atoms with Gasteiger partial charge in [-0.2, -0.15) is 11.1 Å². The third-order valence-electron chi connectivity index (χ3n) is 5.81. The lowest BCUT2D eigenvalue weighted by Gasteiger charge is -2.30. The molecular weight excluding hydrogens is 280 g/mol. The Labute approximate surface area is 133 Å². The molecule has 0 spiro atoms. The van der Waals surface area contributed by atoms with Crippen molar-refractivity contribution in [3.63, 3.8) is 0 Å². The smallest absolute Gasteiger partial charge is 0.165 e. The first-order chi connectivity index (χ1) is 9.78. The van der Waals surface area contributed by atoms with Crippen LogP contribution in [-0.2, 0) is 0 Å². The predicted octanol–water partition coefficient (Wildman–Crippen LogP) is 6.79. The van der Waals surface area contributed by atoms with Crippen molar-refractivity contribution in [2.75, 3.05) is 0 Å². The molecule has 0 aromatic carbocycles. The number of hydrogen-bond acceptors (Lipinski definition) is 0. The van der Waals surface area contributed by atoms with Crippen LogP contribution in [-0.4, -0.2) is 8.11 Å². The Balaban J connectivity index is 1.53. The summed E-state index contributed by atoms with van der Waals surface area (Å²) in [6.07, 6.45) is 17.9. The SMILES string of the molecule is CCCCCC1CCC(CCC2CC[Si](Cl)CC2)CC1. The third-order valence-corrected chi connectivity index (χ3v) is 8.61. The van der Waals surface area contributed by atoms with Crippen LogP contribution in [0.2, 0.25) is 12.1 Å². The van der Waals surface area contributed by atoms with E-state index in [9.17, 15) is 0 Å². The van der Waals surface area contributed by atoms with Crippen LogP contribution in [0.4, 0.5) is 0 Å². The predicted molar refractivity (Wildman–Crippen MR) is 92.8 cm³/mol. The highest BCUT2D eigenvalue weighted by Crippen LogP contribution is 2.37. The van der Waals surface area contributed by atoms with E-state index in [1.54, 1.807) is 0 Å². The molecular formula is C18H34ClSi. The van der Waals surface area contributed by atoms with Gasteiger partial charge in [0.05, 0.1) is 0 Å². The molecule has 0 unspecified atom stereocenters. The molecule has 0 atom stereocenters. The van der Waals surface area contributed by atoms with Crippen molar-refractivity contribution >= 4 is 19.2 Å². The Bertz CT molecular complexity index is 240. The average molecular weight is 314 g/mol. The average Bonchev–Trinajstić information content (AvgIpc) is 2.48. The van der Waals surface area contributed by atoms with Gasteiger partial charge in [0.2, 0.25) is 0 Å². The first-order valence-electron chi connectivity index (χ1n) is 9.28. The number of hydrogen-bond donors (Lipinski definition) is 0. The van der Waals surface area contributed by atoms with E-state index < -0.39 is 8.11 Å². The standard InChI is InChI=1S/C18H34ClSi/c1-2-3-4-5-16-6-8-17(9-7-16)10-11-18-12-14-20(19)15-13-18/h16-18H,2-15H2,1H3. The van der Waals surface area contributed by atoms with E-state index in [1.807, 2.05) is 0 Å². The highest BCUT2D eigenvalue weighted by Gasteiger charge is 2.24. The monoisotopic (exact) mass is 313 g/mol. The molecule has 1 aliphatic carbocycles. The molecule has 1 heterocycles. The molecule has 2 aliphatic rings. The zero-order valence-electron chi connectivity index (χ0n) is 13.5. The number of halogens is 1. The van der Waals surface area contributed by atoms with Gasteiger partial charge in [0, 0.05) is 0 Å². The Morgan fingerprint density at radius 3 is 1.80 bits per heavy atom. The van der Waals surface area contributed by atoms with Gasteiger partial charge in [0.25, 0.3) is 0 Å². The van der Waals surface area contributed by atoms with E-state index in [-0.39, 0.29) is 0 Å². The topological polar surface area (TPSA) is 0 Å². The van der Waals surface area contributed by atoms with Gasteiger partial charge < -0.3 is 0 Å². The van der Waals surface area contributed by atoms with Gasteiger partial charge in [-0.3, -0.25) is 0 Å². The van der Waals surface area contributed by atoms with Crippen LogP contribution in [0.3, 0.4) is 0 Å². The maximum absolute atomic E-state index is 6.30. The molecule has 0 bridgehead atoms. The molecule has 1 saturated carbocycles. The molecule has 2 rings (SSSR count). The van der Waals surface area contributed by atoms with Crippen LogP contribution in [0, 0.1) is 17.8 Å². The van der Waals surface area contributed by atoms with Crippen molar-refractivity contribution in [3.8, 4) is 0 Å². The fourth-order valence-corrected chi connectivity index (χ4v) is 6.59. The molecule has 1 aliphatic heterocycles. The fourth-order valence-electron chi connectivity index (χ4n) is 4.24. The van der Waals surface area contributed by atoms with Gasteiger partial charge in [0.1, 0.15) is 0 Å². The van der Waals surface area contributed by atoms with Crippen LogP contribution in [0.1, 0.15) is 84.0 Å². The first kappa shape index (κ1) is 16.9. The van der Waals surface area contributed by atoms with E-state index >= 15 is 0 Å². The lowest BCUT2D eigenvalue weighted by atomic mass is 9.77. The minimum Gasteiger partial charge on any atom is -0.169 e. The van der Waals surface area contributed by atoms with Crippen LogP contribution in [0.5, 0.6) is 0 Å². The second kappa shape index (κ2) is 9.51. The van der Waals surface area contributed by atoms with Gasteiger partial charge >= 0.3 is 0 Å². The van der Waals surface area contributed by atoms with Crippen LogP contribution in [0.15, 0.2) is 0 Å². The zero-order chi connectivity index (χ0) is 14.2. The maximum atomic E-state index is 6.30. The Morgan fingerprint density at radius 1 is 0.750 bits per heavy atom. The molecule has 0 aromatic rings. The van der Waals surface area contributed by atoms with Crippen LogP contribution < -0.4 is 0 Å². The molecule has 0 nitrogen and oxygen atoms in total. The summed E-state index contributed by atoms with van der Waals surface area (Å²) in [5.74, 6) is 3.18. The van der Waals surface area contributed by atoms with Gasteiger partial charge in [0.15, 0.2) is 8.11 Å². The fraction of sp³-hybridized carbons (Fsp3) is 1.00. The molecule has 0 amide bonds. The molecule has 0 N–H and O–H groups in total. The van der Waals surface area contributed by atoms with E-state index in [4.69, 9.17) is 11.1 Å². The summed E-state index contributed by atoms with van der Waals surface area (Å²) in [6, 6.07) is 2.75. The normalized spacial score (nSPS) is 29.7. The Hall–Kier alpha value is 0.507. The highest BCUT2D eigenvalue weighted by molar-refractivity contribution is 7.07. The second-order valence-corrected chi connectivity index (χ2v) is 11.1. The van der Waals surface area contributed by atoms with Crippen molar-refractivity contribution in [3.05, 3.63) is 0 Å². The molecule has 1 radical (unpaired) electrons. The van der Waals surface area contributed by atoms with E-state index in [0.29, 0.717) is 0 Å². The van der Waals surface area contributed by atoms with E-state index in [2.05, 4.69) is 6.92 Å². The molecule has 0 aromatic heterocycles. The van der Waals surface area contributed by atoms with E-state index in [0.717, 1.165) is 17.8 Å². The van der Waals surface area contributed by atoms with Gasteiger partial charge in [-0.15, -0.1) is 0 Å². The quantitative estimate of drug-likeness (QED) is 0.275. The minimum atomic E-state index is -0.414. The summed E-state index contributed by atoms with van der Waals surface area (Å²) in [7, 11) is -0.414. The van der Waals surface area contributed by atoms with Gasteiger partial charge in [-0.1, -0.05) is 84.0 Å². The van der Waals surface area contributed by atoms with Crippen molar-refractivity contribution in [2.45, 2.75) is 96.1 Å². The molecule has 117 valence electrons. The Morgan fingerprint density at radius 2 is 1.25 bits per heavy atom. The largest absolute Gasteiger partial charge is 0.169 e. The molecule has 1 saturated heterocycles. The second-order valence-electron chi connectivity index (χ2n) is 7.42. The van der Waals surface area contributed by atoms with Crippen molar-refractivity contribution in [2.24, 2.45) is 17.8 Å². The highest BCUT2D eigenvalue weighted by atomic mass is 35.6. The third kappa shape index (κ3) is 6.09. The van der Waals surface area contributed by atoms with Crippen molar-refractivity contribution in [1.29, 1.82) is 0 Å². The summed E-state index contributed by atoms with van der Waals surface area (Å²) in [5.41, 5.74) is 0. The molecule has 2 heteroatoms. The van der Waals surface area contributed by atoms with Crippen molar-refractivity contribution in [1.82, 2.24) is 0 Å². The summed E-state index contributed by atoms with van der Waals surface area (Å²) < 4.78 is 0. The van der Waals surface area contributed by atoms with E-state index in [1.165, 1.54) is 89.1 Å². The minimum absolute atomic E-state index is 0.414. The summed E-state index contributed by atoms with van der Waals surface area (Å²) in [5, 5.41) is 0. The molecule has 20 heavy (non-hydrogen) atoms. The number of rotatable bonds is 7. The van der Waals surface area contributed by atoms with Gasteiger partial charge in [-0.25, -0.2) is 0 Å². The maximum Gasteiger partial charge on any atom is 0.165 e. The lowest BCUT2D eigenvalue weighted by Crippen LogP contribution is -2.19. The van der Waals surface area contributed by atoms with Crippen LogP contribution >= 0.6 is 11.1 Å². The summed E-state index contributed by atoms with van der Waals surface area (Å²) >= 11 is 6.30. The van der Waals surface area contributed by atoms with Gasteiger partial charge in [-0.05, 0) is 29.8 Å². The summed E-state index contributed by atoms with van der Waals surface area (Å²) in [4.78, 5) is 0. The first-order valence-corrected chi connectivity index (χ1v) is 12.2. The molecule has 2 fully saturated rings. The lowest BCUT2D eigenvalue weighted by molar-refractivity contribution is 0.234. The van der Waals surface area contributed by atoms with Crippen molar-refractivity contribution < 1.29 is 0 Å². The van der Waals surface area contributed by atoms with Crippen LogP contribution in [0.25, 0.3) is 0 Å². The Kier molecular flexibility index (Phi) is 8.02. The number of unbranched alkanes of at least 4 members (excludes halogenated alkanes) is 2.